The van der Waals surface area contributed by atoms with Crippen LogP contribution in [0, 0.1) is 5.82 Å². The Balaban J connectivity index is 2.10. The fourth-order valence-corrected chi connectivity index (χ4v) is 4.00. The predicted octanol–water partition coefficient (Wildman–Crippen LogP) is 5.04. The van der Waals surface area contributed by atoms with E-state index in [-0.39, 0.29) is 30.2 Å². The summed E-state index contributed by atoms with van der Waals surface area (Å²) in [6.45, 7) is 5.60. The monoisotopic (exact) mass is 450 g/mol. The minimum atomic E-state index is -0.716. The lowest BCUT2D eigenvalue weighted by atomic mass is 10.1. The van der Waals surface area contributed by atoms with Gasteiger partial charge in [0.05, 0.1) is 5.75 Å². The van der Waals surface area contributed by atoms with Crippen molar-refractivity contribution >= 4 is 35.2 Å². The smallest absolute Gasteiger partial charge is 0.242 e. The number of halogens is 2. The second-order valence-electron chi connectivity index (χ2n) is 7.19. The van der Waals surface area contributed by atoms with Gasteiger partial charge >= 0.3 is 0 Å². The Hall–Kier alpha value is -2.05. The van der Waals surface area contributed by atoms with Gasteiger partial charge in [-0.15, -0.1) is 11.8 Å². The summed E-state index contributed by atoms with van der Waals surface area (Å²) in [7, 11) is 0. The Kier molecular flexibility index (Phi) is 9.66. The van der Waals surface area contributed by atoms with E-state index in [1.807, 2.05) is 38.1 Å². The van der Waals surface area contributed by atoms with Crippen LogP contribution in [0.5, 0.6) is 0 Å². The molecule has 2 aromatic rings. The first-order valence-electron chi connectivity index (χ1n) is 9.97. The van der Waals surface area contributed by atoms with Crippen LogP contribution in [-0.2, 0) is 21.9 Å². The van der Waals surface area contributed by atoms with Gasteiger partial charge in [-0.25, -0.2) is 4.39 Å². The first-order valence-corrected chi connectivity index (χ1v) is 11.5. The largest absolute Gasteiger partial charge is 0.352 e. The number of nitrogens with zero attached hydrogens (tertiary/aromatic N) is 1. The van der Waals surface area contributed by atoms with Gasteiger partial charge in [0.15, 0.2) is 0 Å². The normalized spacial score (nSPS) is 12.8. The van der Waals surface area contributed by atoms with Crippen molar-refractivity contribution in [1.82, 2.24) is 10.2 Å². The Morgan fingerprint density at radius 3 is 2.37 bits per heavy atom. The highest BCUT2D eigenvalue weighted by Gasteiger charge is 2.27. The zero-order valence-corrected chi connectivity index (χ0v) is 19.1. The van der Waals surface area contributed by atoms with Gasteiger partial charge < -0.3 is 10.2 Å². The molecule has 162 valence electrons. The van der Waals surface area contributed by atoms with E-state index in [2.05, 4.69) is 5.32 Å². The number of carbonyl (C=O) groups excluding carboxylic acids is 2. The molecule has 0 aliphatic heterocycles. The van der Waals surface area contributed by atoms with Crippen molar-refractivity contribution in [1.29, 1.82) is 0 Å². The summed E-state index contributed by atoms with van der Waals surface area (Å²) in [5.41, 5.74) is 1.32. The first-order chi connectivity index (χ1) is 14.3. The zero-order chi connectivity index (χ0) is 22.1. The van der Waals surface area contributed by atoms with Gasteiger partial charge in [0.25, 0.3) is 0 Å². The minimum Gasteiger partial charge on any atom is -0.352 e. The Labute approximate surface area is 187 Å². The van der Waals surface area contributed by atoms with Crippen molar-refractivity contribution in [2.45, 2.75) is 51.6 Å². The number of hydrogen-bond acceptors (Lipinski definition) is 3. The number of rotatable bonds is 10. The van der Waals surface area contributed by atoms with E-state index >= 15 is 0 Å². The molecular formula is C23H28ClFN2O2S. The van der Waals surface area contributed by atoms with Gasteiger partial charge in [-0.1, -0.05) is 54.9 Å². The molecule has 2 rings (SSSR count). The number of benzene rings is 2. The van der Waals surface area contributed by atoms with Crippen molar-refractivity contribution in [3.8, 4) is 0 Å². The van der Waals surface area contributed by atoms with Gasteiger partial charge in [0.1, 0.15) is 11.9 Å². The highest BCUT2D eigenvalue weighted by Crippen LogP contribution is 2.22. The van der Waals surface area contributed by atoms with E-state index in [1.54, 1.807) is 25.1 Å². The SMILES string of the molecule is CC[C@H](C)NC(=O)[C@@H](C)N(Cc1ccccc1F)C(=O)CSCc1ccccc1Cl. The molecule has 2 amide bonds. The third-order valence-corrected chi connectivity index (χ3v) is 6.24. The summed E-state index contributed by atoms with van der Waals surface area (Å²) in [6.07, 6.45) is 0.785. The van der Waals surface area contributed by atoms with Crippen LogP contribution in [0.3, 0.4) is 0 Å². The summed E-state index contributed by atoms with van der Waals surface area (Å²) >= 11 is 7.60. The summed E-state index contributed by atoms with van der Waals surface area (Å²) in [6, 6.07) is 13.1. The lowest BCUT2D eigenvalue weighted by Crippen LogP contribution is -2.50. The van der Waals surface area contributed by atoms with E-state index < -0.39 is 11.9 Å². The van der Waals surface area contributed by atoms with E-state index in [0.717, 1.165) is 12.0 Å². The molecule has 7 heteroatoms. The van der Waals surface area contributed by atoms with Crippen LogP contribution in [0.25, 0.3) is 0 Å². The molecular weight excluding hydrogens is 423 g/mol. The van der Waals surface area contributed by atoms with E-state index in [9.17, 15) is 14.0 Å². The molecule has 30 heavy (non-hydrogen) atoms. The molecule has 0 aromatic heterocycles. The van der Waals surface area contributed by atoms with Crippen LogP contribution in [0.4, 0.5) is 4.39 Å². The molecule has 0 aliphatic rings. The standard InChI is InChI=1S/C23H28ClFN2O2S/c1-4-16(2)26-23(29)17(3)27(13-18-9-6-8-12-21(18)25)22(28)15-30-14-19-10-5-7-11-20(19)24/h5-12,16-17H,4,13-15H2,1-3H3,(H,26,29)/t16-,17+/m0/s1. The fourth-order valence-electron chi connectivity index (χ4n) is 2.80. The Bertz CT molecular complexity index is 865. The van der Waals surface area contributed by atoms with Crippen molar-refractivity contribution in [2.24, 2.45) is 0 Å². The van der Waals surface area contributed by atoms with Crippen LogP contribution < -0.4 is 5.32 Å². The minimum absolute atomic E-state index is 0.0000362. The van der Waals surface area contributed by atoms with Crippen molar-refractivity contribution in [3.05, 3.63) is 70.5 Å². The molecule has 2 atom stereocenters. The molecule has 0 saturated heterocycles. The van der Waals surface area contributed by atoms with E-state index in [1.165, 1.54) is 22.7 Å². The van der Waals surface area contributed by atoms with Crippen LogP contribution in [0.2, 0.25) is 5.02 Å². The zero-order valence-electron chi connectivity index (χ0n) is 17.5. The predicted molar refractivity (Wildman–Crippen MR) is 122 cm³/mol. The van der Waals surface area contributed by atoms with Crippen molar-refractivity contribution in [2.75, 3.05) is 5.75 Å². The molecule has 1 N–H and O–H groups in total. The van der Waals surface area contributed by atoms with Gasteiger partial charge in [-0.05, 0) is 38.0 Å². The maximum absolute atomic E-state index is 14.2. The Morgan fingerprint density at radius 2 is 1.73 bits per heavy atom. The van der Waals surface area contributed by atoms with Crippen LogP contribution >= 0.6 is 23.4 Å². The average molecular weight is 451 g/mol. The molecule has 0 spiro atoms. The average Bonchev–Trinajstić information content (AvgIpc) is 2.73. The second kappa shape index (κ2) is 12.0. The first kappa shape index (κ1) is 24.2. The molecule has 0 aliphatic carbocycles. The van der Waals surface area contributed by atoms with Gasteiger partial charge in [0.2, 0.25) is 11.8 Å². The maximum atomic E-state index is 14.2. The third kappa shape index (κ3) is 7.03. The molecule has 4 nitrogen and oxygen atoms in total. The highest BCUT2D eigenvalue weighted by molar-refractivity contribution is 7.99. The number of hydrogen-bond donors (Lipinski definition) is 1. The van der Waals surface area contributed by atoms with E-state index in [0.29, 0.717) is 16.3 Å². The number of carbonyl (C=O) groups is 2. The quantitative estimate of drug-likeness (QED) is 0.551. The lowest BCUT2D eigenvalue weighted by molar-refractivity contribution is -0.139. The van der Waals surface area contributed by atoms with Gasteiger partial charge in [-0.2, -0.15) is 0 Å². The topological polar surface area (TPSA) is 49.4 Å². The maximum Gasteiger partial charge on any atom is 0.242 e. The number of thioether (sulfide) groups is 1. The highest BCUT2D eigenvalue weighted by atomic mass is 35.5. The molecule has 0 bridgehead atoms. The summed E-state index contributed by atoms with van der Waals surface area (Å²) in [4.78, 5) is 27.1. The molecule has 0 fully saturated rings. The van der Waals surface area contributed by atoms with Crippen LogP contribution in [0.1, 0.15) is 38.3 Å². The van der Waals surface area contributed by atoms with Gasteiger partial charge in [-0.3, -0.25) is 9.59 Å². The third-order valence-electron chi connectivity index (χ3n) is 4.91. The van der Waals surface area contributed by atoms with Crippen molar-refractivity contribution < 1.29 is 14.0 Å². The summed E-state index contributed by atoms with van der Waals surface area (Å²) in [5.74, 6) is -0.117. The van der Waals surface area contributed by atoms with Crippen molar-refractivity contribution in [3.63, 3.8) is 0 Å². The lowest BCUT2D eigenvalue weighted by Gasteiger charge is -2.29. The molecule has 0 saturated carbocycles. The number of nitrogens with one attached hydrogen (secondary N) is 1. The van der Waals surface area contributed by atoms with Crippen LogP contribution in [0.15, 0.2) is 48.5 Å². The molecule has 0 heterocycles. The second-order valence-corrected chi connectivity index (χ2v) is 8.58. The molecule has 0 radical (unpaired) electrons. The molecule has 2 aromatic carbocycles. The van der Waals surface area contributed by atoms with Gasteiger partial charge in [0, 0.05) is 28.9 Å². The molecule has 0 unspecified atom stereocenters. The number of amides is 2. The van der Waals surface area contributed by atoms with E-state index in [4.69, 9.17) is 11.6 Å². The summed E-state index contributed by atoms with van der Waals surface area (Å²) in [5, 5.41) is 3.56. The fraction of sp³-hybridized carbons (Fsp3) is 0.391. The summed E-state index contributed by atoms with van der Waals surface area (Å²) < 4.78 is 14.2. The Morgan fingerprint density at radius 1 is 1.10 bits per heavy atom. The van der Waals surface area contributed by atoms with Crippen LogP contribution in [-0.4, -0.2) is 34.6 Å².